The maximum Gasteiger partial charge on any atom is 0.258 e. The van der Waals surface area contributed by atoms with Gasteiger partial charge in [0.25, 0.3) is 5.89 Å². The number of aliphatic hydroxyl groups is 2. The van der Waals surface area contributed by atoms with Gasteiger partial charge in [-0.1, -0.05) is 12.1 Å². The molecule has 0 bridgehead atoms. The van der Waals surface area contributed by atoms with Crippen LogP contribution in [0.4, 0.5) is 5.82 Å². The molecule has 0 radical (unpaired) electrons. The number of anilines is 1. The molecule has 0 fully saturated rings. The topological polar surface area (TPSA) is 105 Å². The lowest BCUT2D eigenvalue weighted by atomic mass is 10.0. The third-order valence-electron chi connectivity index (χ3n) is 5.38. The van der Waals surface area contributed by atoms with Gasteiger partial charge in [-0.2, -0.15) is 4.98 Å². The molecule has 0 saturated heterocycles. The highest BCUT2D eigenvalue weighted by molar-refractivity contribution is 5.65. The molecule has 32 heavy (non-hydrogen) atoms. The van der Waals surface area contributed by atoms with Crippen molar-refractivity contribution in [2.24, 2.45) is 0 Å². The lowest BCUT2D eigenvalue weighted by Gasteiger charge is -2.20. The Hall–Kier alpha value is -2.97. The zero-order valence-corrected chi connectivity index (χ0v) is 19.4. The lowest BCUT2D eigenvalue weighted by Crippen LogP contribution is -2.26. The van der Waals surface area contributed by atoms with Crippen LogP contribution in [0.5, 0.6) is 5.75 Å². The number of pyridine rings is 1. The number of ether oxygens (including phenoxy) is 1. The van der Waals surface area contributed by atoms with Crippen LogP contribution >= 0.6 is 0 Å². The molecular formula is C24H32N4O4. The largest absolute Gasteiger partial charge is 0.485 e. The highest BCUT2D eigenvalue weighted by Gasteiger charge is 2.18. The van der Waals surface area contributed by atoms with Crippen LogP contribution in [0.15, 0.2) is 28.8 Å². The first kappa shape index (κ1) is 23.7. The van der Waals surface area contributed by atoms with E-state index in [0.717, 1.165) is 53.3 Å². The first-order valence-electron chi connectivity index (χ1n) is 11.0. The van der Waals surface area contributed by atoms with Crippen LogP contribution < -0.4 is 9.64 Å². The Kier molecular flexibility index (Phi) is 7.82. The van der Waals surface area contributed by atoms with Gasteiger partial charge in [-0.3, -0.25) is 0 Å². The Bertz CT molecular complexity index is 1040. The predicted octanol–water partition coefficient (Wildman–Crippen LogP) is 3.56. The molecule has 2 N–H and O–H groups in total. The predicted molar refractivity (Wildman–Crippen MR) is 124 cm³/mol. The monoisotopic (exact) mass is 440 g/mol. The van der Waals surface area contributed by atoms with Crippen molar-refractivity contribution in [2.75, 3.05) is 31.2 Å². The lowest BCUT2D eigenvalue weighted by molar-refractivity contribution is 0.0618. The van der Waals surface area contributed by atoms with Crippen LogP contribution in [0.25, 0.3) is 22.8 Å². The van der Waals surface area contributed by atoms with E-state index in [4.69, 9.17) is 9.26 Å². The summed E-state index contributed by atoms with van der Waals surface area (Å²) in [5.41, 5.74) is 4.36. The molecule has 1 aromatic carbocycles. The number of nitrogens with zero attached hydrogens (tertiary/aromatic N) is 4. The fourth-order valence-corrected chi connectivity index (χ4v) is 3.65. The van der Waals surface area contributed by atoms with Crippen molar-refractivity contribution in [1.82, 2.24) is 15.1 Å². The van der Waals surface area contributed by atoms with Gasteiger partial charge in [0, 0.05) is 29.9 Å². The van der Waals surface area contributed by atoms with E-state index in [9.17, 15) is 10.2 Å². The zero-order valence-electron chi connectivity index (χ0n) is 19.4. The summed E-state index contributed by atoms with van der Waals surface area (Å²) in [7, 11) is 0. The molecule has 2 aromatic heterocycles. The number of aryl methyl sites for hydroxylation is 3. The molecule has 8 heteroatoms. The van der Waals surface area contributed by atoms with Crippen molar-refractivity contribution in [1.29, 1.82) is 0 Å². The standard InChI is InChI=1S/C24H32N4O4/c1-6-17-11-18(9-15(4)22(17)31-20(13-29)14-30)23-26-24(32-27-23)19-10-16(5)25-21(12-19)28(7-2)8-3/h9-12,20,29-30H,6-8,13-14H2,1-5H3. The van der Waals surface area contributed by atoms with Crippen molar-refractivity contribution in [3.8, 4) is 28.6 Å². The molecule has 0 aliphatic rings. The van der Waals surface area contributed by atoms with Crippen LogP contribution in [0.2, 0.25) is 0 Å². The van der Waals surface area contributed by atoms with E-state index in [-0.39, 0.29) is 13.2 Å². The zero-order chi connectivity index (χ0) is 23.3. The second-order valence-corrected chi connectivity index (χ2v) is 7.69. The number of hydrogen-bond donors (Lipinski definition) is 2. The van der Waals surface area contributed by atoms with Crippen LogP contribution in [0, 0.1) is 13.8 Å². The third-order valence-corrected chi connectivity index (χ3v) is 5.38. The summed E-state index contributed by atoms with van der Waals surface area (Å²) in [6, 6.07) is 7.80. The highest BCUT2D eigenvalue weighted by Crippen LogP contribution is 2.32. The van der Waals surface area contributed by atoms with Crippen LogP contribution in [0.1, 0.15) is 37.6 Å². The van der Waals surface area contributed by atoms with E-state index in [1.54, 1.807) is 0 Å². The first-order chi connectivity index (χ1) is 15.4. The maximum atomic E-state index is 9.37. The second kappa shape index (κ2) is 10.6. The molecular weight excluding hydrogens is 408 g/mol. The number of aliphatic hydroxyl groups excluding tert-OH is 2. The summed E-state index contributed by atoms with van der Waals surface area (Å²) in [6.07, 6.45) is 0.0614. The molecule has 172 valence electrons. The van der Waals surface area contributed by atoms with Crippen molar-refractivity contribution in [3.63, 3.8) is 0 Å². The number of rotatable bonds is 10. The molecule has 0 aliphatic carbocycles. The van der Waals surface area contributed by atoms with Gasteiger partial charge in [-0.15, -0.1) is 0 Å². The fraction of sp³-hybridized carbons (Fsp3) is 0.458. The smallest absolute Gasteiger partial charge is 0.258 e. The van der Waals surface area contributed by atoms with E-state index in [1.807, 2.05) is 45.0 Å². The van der Waals surface area contributed by atoms with E-state index in [1.165, 1.54) is 0 Å². The van der Waals surface area contributed by atoms with Crippen molar-refractivity contribution < 1.29 is 19.5 Å². The maximum absolute atomic E-state index is 9.37. The summed E-state index contributed by atoms with van der Waals surface area (Å²) in [6.45, 7) is 11.3. The molecule has 0 spiro atoms. The van der Waals surface area contributed by atoms with Crippen molar-refractivity contribution >= 4 is 5.82 Å². The summed E-state index contributed by atoms with van der Waals surface area (Å²) in [5.74, 6) is 2.49. The van der Waals surface area contributed by atoms with E-state index >= 15 is 0 Å². The van der Waals surface area contributed by atoms with Crippen molar-refractivity contribution in [3.05, 3.63) is 41.1 Å². The van der Waals surface area contributed by atoms with Gasteiger partial charge in [0.05, 0.1) is 13.2 Å². The quantitative estimate of drug-likeness (QED) is 0.493. The van der Waals surface area contributed by atoms with Gasteiger partial charge in [0.1, 0.15) is 17.7 Å². The molecule has 2 heterocycles. The Morgan fingerprint density at radius 1 is 0.969 bits per heavy atom. The fourth-order valence-electron chi connectivity index (χ4n) is 3.65. The van der Waals surface area contributed by atoms with Gasteiger partial charge in [-0.25, -0.2) is 4.98 Å². The molecule has 0 unspecified atom stereocenters. The van der Waals surface area contributed by atoms with Crippen LogP contribution in [-0.2, 0) is 6.42 Å². The second-order valence-electron chi connectivity index (χ2n) is 7.69. The first-order valence-corrected chi connectivity index (χ1v) is 11.0. The van der Waals surface area contributed by atoms with Gasteiger partial charge in [-0.05, 0) is 69.5 Å². The Balaban J connectivity index is 1.96. The van der Waals surface area contributed by atoms with Gasteiger partial charge < -0.3 is 24.4 Å². The Morgan fingerprint density at radius 2 is 1.69 bits per heavy atom. The van der Waals surface area contributed by atoms with Crippen molar-refractivity contribution in [2.45, 2.75) is 47.1 Å². The number of aromatic nitrogens is 3. The average Bonchev–Trinajstić information content (AvgIpc) is 3.29. The summed E-state index contributed by atoms with van der Waals surface area (Å²) in [4.78, 5) is 11.4. The summed E-state index contributed by atoms with van der Waals surface area (Å²) in [5, 5.41) is 22.9. The summed E-state index contributed by atoms with van der Waals surface area (Å²) >= 11 is 0. The summed E-state index contributed by atoms with van der Waals surface area (Å²) < 4.78 is 11.4. The third kappa shape index (κ3) is 5.08. The minimum Gasteiger partial charge on any atom is -0.485 e. The van der Waals surface area contributed by atoms with Gasteiger partial charge >= 0.3 is 0 Å². The molecule has 3 rings (SSSR count). The molecule has 0 aliphatic heterocycles. The molecule has 0 saturated carbocycles. The molecule has 3 aromatic rings. The van der Waals surface area contributed by atoms with E-state index < -0.39 is 6.10 Å². The van der Waals surface area contributed by atoms with Gasteiger partial charge in [0.15, 0.2) is 0 Å². The van der Waals surface area contributed by atoms with Crippen LogP contribution in [-0.4, -0.2) is 57.7 Å². The molecule has 0 amide bonds. The molecule has 0 atom stereocenters. The Labute approximate surface area is 188 Å². The normalized spacial score (nSPS) is 11.2. The van der Waals surface area contributed by atoms with Gasteiger partial charge in [0.2, 0.25) is 5.82 Å². The number of hydrogen-bond acceptors (Lipinski definition) is 8. The minimum absolute atomic E-state index is 0.254. The highest BCUT2D eigenvalue weighted by atomic mass is 16.5. The van der Waals surface area contributed by atoms with E-state index in [2.05, 4.69) is 33.9 Å². The SMILES string of the molecule is CCc1cc(-c2noc(-c3cc(C)nc(N(CC)CC)c3)n2)cc(C)c1OC(CO)CO. The van der Waals surface area contributed by atoms with E-state index in [0.29, 0.717) is 17.5 Å². The minimum atomic E-state index is -0.656. The molecule has 8 nitrogen and oxygen atoms in total. The van der Waals surface area contributed by atoms with Crippen LogP contribution in [0.3, 0.4) is 0 Å². The average molecular weight is 441 g/mol. The Morgan fingerprint density at radius 3 is 2.31 bits per heavy atom. The number of benzene rings is 1.